The molecule has 1 aliphatic heterocycles. The van der Waals surface area contributed by atoms with Crippen molar-refractivity contribution in [2.75, 3.05) is 19.6 Å². The molecule has 0 saturated carbocycles. The van der Waals surface area contributed by atoms with E-state index in [1.807, 2.05) is 6.07 Å². The van der Waals surface area contributed by atoms with Gasteiger partial charge in [-0.15, -0.1) is 11.3 Å². The molecule has 1 unspecified atom stereocenters. The third-order valence-corrected chi connectivity index (χ3v) is 4.32. The van der Waals surface area contributed by atoms with E-state index < -0.39 is 0 Å². The minimum absolute atomic E-state index is 0.629. The van der Waals surface area contributed by atoms with Crippen LogP contribution in [-0.4, -0.2) is 30.6 Å². The molecule has 0 spiro atoms. The first-order chi connectivity index (χ1) is 7.65. The van der Waals surface area contributed by atoms with Gasteiger partial charge < -0.3 is 5.32 Å². The Morgan fingerprint density at radius 3 is 3.00 bits per heavy atom. The maximum atomic E-state index is 5.94. The maximum Gasteiger partial charge on any atom is 0.0931 e. The quantitative estimate of drug-likeness (QED) is 0.897. The van der Waals surface area contributed by atoms with Gasteiger partial charge in [-0.05, 0) is 18.1 Å². The van der Waals surface area contributed by atoms with Crippen LogP contribution in [0.15, 0.2) is 12.1 Å². The van der Waals surface area contributed by atoms with Crippen LogP contribution in [0, 0.1) is 5.92 Å². The lowest BCUT2D eigenvalue weighted by atomic mass is 10.0. The molecule has 1 N–H and O–H groups in total. The van der Waals surface area contributed by atoms with Crippen molar-refractivity contribution in [2.24, 2.45) is 5.92 Å². The van der Waals surface area contributed by atoms with E-state index in [1.165, 1.54) is 4.88 Å². The second-order valence-corrected chi connectivity index (χ2v) is 6.55. The van der Waals surface area contributed by atoms with Gasteiger partial charge in [0.1, 0.15) is 0 Å². The molecule has 0 radical (unpaired) electrons. The Morgan fingerprint density at radius 1 is 1.56 bits per heavy atom. The first-order valence-corrected chi connectivity index (χ1v) is 7.04. The SMILES string of the molecule is CC(C)C1CN(Cc2ccc(Cl)s2)CCN1. The van der Waals surface area contributed by atoms with Gasteiger partial charge in [-0.25, -0.2) is 0 Å². The number of hydrogen-bond donors (Lipinski definition) is 1. The van der Waals surface area contributed by atoms with Crippen molar-refractivity contribution in [3.05, 3.63) is 21.3 Å². The summed E-state index contributed by atoms with van der Waals surface area (Å²) >= 11 is 7.64. The maximum absolute atomic E-state index is 5.94. The molecule has 0 amide bonds. The molecule has 1 fully saturated rings. The van der Waals surface area contributed by atoms with E-state index in [4.69, 9.17) is 11.6 Å². The van der Waals surface area contributed by atoms with E-state index in [-0.39, 0.29) is 0 Å². The zero-order valence-electron chi connectivity index (χ0n) is 9.87. The number of rotatable bonds is 3. The van der Waals surface area contributed by atoms with Crippen molar-refractivity contribution in [1.29, 1.82) is 0 Å². The fraction of sp³-hybridized carbons (Fsp3) is 0.667. The largest absolute Gasteiger partial charge is 0.311 e. The van der Waals surface area contributed by atoms with Gasteiger partial charge in [0.2, 0.25) is 0 Å². The van der Waals surface area contributed by atoms with Crippen LogP contribution in [0.25, 0.3) is 0 Å². The lowest BCUT2D eigenvalue weighted by Crippen LogP contribution is -2.52. The van der Waals surface area contributed by atoms with E-state index in [2.05, 4.69) is 30.1 Å². The van der Waals surface area contributed by atoms with Crippen molar-refractivity contribution in [1.82, 2.24) is 10.2 Å². The number of hydrogen-bond acceptors (Lipinski definition) is 3. The molecule has 1 aromatic rings. The molecule has 16 heavy (non-hydrogen) atoms. The van der Waals surface area contributed by atoms with Crippen molar-refractivity contribution >= 4 is 22.9 Å². The molecule has 2 nitrogen and oxygen atoms in total. The molecule has 2 rings (SSSR count). The van der Waals surface area contributed by atoms with E-state index in [9.17, 15) is 0 Å². The van der Waals surface area contributed by atoms with Crippen LogP contribution in [0.1, 0.15) is 18.7 Å². The lowest BCUT2D eigenvalue weighted by Gasteiger charge is -2.35. The van der Waals surface area contributed by atoms with Crippen molar-refractivity contribution in [2.45, 2.75) is 26.4 Å². The highest BCUT2D eigenvalue weighted by atomic mass is 35.5. The molecule has 90 valence electrons. The van der Waals surface area contributed by atoms with Crippen LogP contribution in [0.3, 0.4) is 0 Å². The van der Waals surface area contributed by atoms with Gasteiger partial charge in [0.15, 0.2) is 0 Å². The predicted molar refractivity (Wildman–Crippen MR) is 71.2 cm³/mol. The number of thiophene rings is 1. The first-order valence-electron chi connectivity index (χ1n) is 5.85. The highest BCUT2D eigenvalue weighted by Gasteiger charge is 2.21. The van der Waals surface area contributed by atoms with Crippen LogP contribution in [0.2, 0.25) is 4.34 Å². The molecular formula is C12H19ClN2S. The summed E-state index contributed by atoms with van der Waals surface area (Å²) in [6.45, 7) is 8.99. The van der Waals surface area contributed by atoms with Crippen LogP contribution in [-0.2, 0) is 6.54 Å². The summed E-state index contributed by atoms with van der Waals surface area (Å²) in [7, 11) is 0. The summed E-state index contributed by atoms with van der Waals surface area (Å²) in [4.78, 5) is 3.89. The van der Waals surface area contributed by atoms with Crippen LogP contribution in [0.4, 0.5) is 0 Å². The zero-order valence-corrected chi connectivity index (χ0v) is 11.4. The third kappa shape index (κ3) is 3.20. The summed E-state index contributed by atoms with van der Waals surface area (Å²) in [5, 5.41) is 3.58. The van der Waals surface area contributed by atoms with Crippen molar-refractivity contribution < 1.29 is 0 Å². The van der Waals surface area contributed by atoms with E-state index in [1.54, 1.807) is 11.3 Å². The van der Waals surface area contributed by atoms with Crippen LogP contribution >= 0.6 is 22.9 Å². The summed E-state index contributed by atoms with van der Waals surface area (Å²) in [6, 6.07) is 4.76. The van der Waals surface area contributed by atoms with Crippen molar-refractivity contribution in [3.8, 4) is 0 Å². The predicted octanol–water partition coefficient (Wildman–Crippen LogP) is 2.83. The van der Waals surface area contributed by atoms with Gasteiger partial charge >= 0.3 is 0 Å². The van der Waals surface area contributed by atoms with Gasteiger partial charge in [-0.3, -0.25) is 4.90 Å². The molecule has 0 aromatic carbocycles. The number of piperazine rings is 1. The van der Waals surface area contributed by atoms with Gasteiger partial charge in [-0.1, -0.05) is 25.4 Å². The highest BCUT2D eigenvalue weighted by Crippen LogP contribution is 2.23. The summed E-state index contributed by atoms with van der Waals surface area (Å²) in [5.41, 5.74) is 0. The Kier molecular flexibility index (Phi) is 4.25. The van der Waals surface area contributed by atoms with Crippen LogP contribution in [0.5, 0.6) is 0 Å². The summed E-state index contributed by atoms with van der Waals surface area (Å²) in [6.07, 6.45) is 0. The standard InChI is InChI=1S/C12H19ClN2S/c1-9(2)11-8-15(6-5-14-11)7-10-3-4-12(13)16-10/h3-4,9,11,14H,5-8H2,1-2H3. The minimum Gasteiger partial charge on any atom is -0.311 e. The number of halogens is 1. The van der Waals surface area contributed by atoms with Gasteiger partial charge in [0, 0.05) is 37.1 Å². The zero-order chi connectivity index (χ0) is 11.5. The Balaban J connectivity index is 1.90. The van der Waals surface area contributed by atoms with Crippen molar-refractivity contribution in [3.63, 3.8) is 0 Å². The Hall–Kier alpha value is -0.0900. The molecule has 1 atom stereocenters. The third-order valence-electron chi connectivity index (χ3n) is 3.10. The molecule has 1 aliphatic rings. The smallest absolute Gasteiger partial charge is 0.0931 e. The second-order valence-electron chi connectivity index (χ2n) is 4.75. The molecular weight excluding hydrogens is 240 g/mol. The molecule has 4 heteroatoms. The monoisotopic (exact) mass is 258 g/mol. The first kappa shape index (κ1) is 12.4. The molecule has 2 heterocycles. The summed E-state index contributed by atoms with van der Waals surface area (Å²) in [5.74, 6) is 0.703. The number of nitrogens with one attached hydrogen (secondary N) is 1. The topological polar surface area (TPSA) is 15.3 Å². The van der Waals surface area contributed by atoms with E-state index >= 15 is 0 Å². The molecule has 1 saturated heterocycles. The van der Waals surface area contributed by atoms with Gasteiger partial charge in [-0.2, -0.15) is 0 Å². The molecule has 0 aliphatic carbocycles. The molecule has 1 aromatic heterocycles. The highest BCUT2D eigenvalue weighted by molar-refractivity contribution is 7.16. The fourth-order valence-corrected chi connectivity index (χ4v) is 3.22. The minimum atomic E-state index is 0.629. The average Bonchev–Trinajstić information content (AvgIpc) is 2.64. The van der Waals surface area contributed by atoms with Gasteiger partial charge in [0.25, 0.3) is 0 Å². The average molecular weight is 259 g/mol. The van der Waals surface area contributed by atoms with Crippen LogP contribution < -0.4 is 5.32 Å². The Bertz CT molecular complexity index is 338. The van der Waals surface area contributed by atoms with Gasteiger partial charge in [0.05, 0.1) is 4.34 Å². The Morgan fingerprint density at radius 2 is 2.38 bits per heavy atom. The van der Waals surface area contributed by atoms with E-state index in [0.29, 0.717) is 12.0 Å². The second kappa shape index (κ2) is 5.50. The number of nitrogens with zero attached hydrogens (tertiary/aromatic N) is 1. The normalized spacial score (nSPS) is 22.9. The van der Waals surface area contributed by atoms with E-state index in [0.717, 1.165) is 30.5 Å². The summed E-state index contributed by atoms with van der Waals surface area (Å²) < 4.78 is 0.894. The molecule has 0 bridgehead atoms. The fourth-order valence-electron chi connectivity index (χ4n) is 2.09. The lowest BCUT2D eigenvalue weighted by molar-refractivity contribution is 0.170. The Labute approximate surface area is 107 Å².